The number of carbonyl (C=O) groups excluding carboxylic acids is 1. The first-order chi connectivity index (χ1) is 14.3. The van der Waals surface area contributed by atoms with E-state index in [1.54, 1.807) is 24.3 Å². The summed E-state index contributed by atoms with van der Waals surface area (Å²) in [7, 11) is 0.329. The average molecular weight is 486 g/mol. The number of thiazole rings is 1. The van der Waals surface area contributed by atoms with E-state index in [0.29, 0.717) is 28.3 Å². The average Bonchev–Trinajstić information content (AvgIpc) is 3.12. The molecular formula is C21H25ClFN3O3S2. The van der Waals surface area contributed by atoms with Crippen LogP contribution in [0.1, 0.15) is 12.8 Å². The molecule has 1 amide bonds. The highest BCUT2D eigenvalue weighted by Gasteiger charge is 2.23. The highest BCUT2D eigenvalue weighted by Crippen LogP contribution is 2.30. The number of benzene rings is 2. The lowest BCUT2D eigenvalue weighted by Gasteiger charge is -2.21. The molecule has 10 heteroatoms. The fourth-order valence-electron chi connectivity index (χ4n) is 2.98. The van der Waals surface area contributed by atoms with Crippen LogP contribution in [0.4, 0.5) is 9.52 Å². The van der Waals surface area contributed by atoms with Crippen molar-refractivity contribution in [3.8, 4) is 0 Å². The van der Waals surface area contributed by atoms with Gasteiger partial charge in [-0.25, -0.2) is 17.8 Å². The molecule has 0 unspecified atom stereocenters. The molecule has 0 spiro atoms. The maximum Gasteiger partial charge on any atom is 0.229 e. The van der Waals surface area contributed by atoms with E-state index in [1.165, 1.54) is 40.5 Å². The van der Waals surface area contributed by atoms with E-state index in [2.05, 4.69) is 4.98 Å². The van der Waals surface area contributed by atoms with Crippen molar-refractivity contribution in [3.05, 3.63) is 54.3 Å². The molecule has 0 bridgehead atoms. The Morgan fingerprint density at radius 2 is 1.81 bits per heavy atom. The zero-order valence-corrected chi connectivity index (χ0v) is 19.8. The fourth-order valence-corrected chi connectivity index (χ4v) is 5.26. The number of sulfone groups is 1. The molecule has 0 aliphatic carbocycles. The predicted octanol–water partition coefficient (Wildman–Crippen LogP) is 4.01. The van der Waals surface area contributed by atoms with Crippen LogP contribution in [0.2, 0.25) is 0 Å². The molecule has 0 aliphatic heterocycles. The largest absolute Gasteiger partial charge is 0.309 e. The van der Waals surface area contributed by atoms with Crippen molar-refractivity contribution in [3.63, 3.8) is 0 Å². The van der Waals surface area contributed by atoms with E-state index in [9.17, 15) is 17.6 Å². The number of nitrogens with zero attached hydrogens (tertiary/aromatic N) is 3. The second-order valence-corrected chi connectivity index (χ2v) is 10.3. The molecule has 6 nitrogen and oxygen atoms in total. The number of aromatic nitrogens is 1. The minimum absolute atomic E-state index is 0. The zero-order valence-electron chi connectivity index (χ0n) is 17.3. The van der Waals surface area contributed by atoms with Crippen LogP contribution in [-0.2, 0) is 14.6 Å². The van der Waals surface area contributed by atoms with Crippen LogP contribution in [0.3, 0.4) is 0 Å². The van der Waals surface area contributed by atoms with Crippen LogP contribution in [0.25, 0.3) is 10.2 Å². The van der Waals surface area contributed by atoms with Gasteiger partial charge in [0.15, 0.2) is 15.0 Å². The first-order valence-corrected chi connectivity index (χ1v) is 12.0. The van der Waals surface area contributed by atoms with Crippen LogP contribution in [-0.4, -0.2) is 57.1 Å². The van der Waals surface area contributed by atoms with Crippen LogP contribution in [0, 0.1) is 5.82 Å². The van der Waals surface area contributed by atoms with E-state index in [1.807, 2.05) is 19.0 Å². The molecule has 31 heavy (non-hydrogen) atoms. The minimum atomic E-state index is -3.56. The summed E-state index contributed by atoms with van der Waals surface area (Å²) in [5.41, 5.74) is 0.610. The van der Waals surface area contributed by atoms with Crippen molar-refractivity contribution >= 4 is 54.8 Å². The normalized spacial score (nSPS) is 11.5. The van der Waals surface area contributed by atoms with Gasteiger partial charge >= 0.3 is 0 Å². The van der Waals surface area contributed by atoms with Crippen molar-refractivity contribution in [1.82, 2.24) is 9.88 Å². The summed E-state index contributed by atoms with van der Waals surface area (Å²) in [6.07, 6.45) is 0.554. The molecule has 0 saturated heterocycles. The molecule has 0 atom stereocenters. The molecule has 168 valence electrons. The van der Waals surface area contributed by atoms with E-state index in [4.69, 9.17) is 0 Å². The second kappa shape index (κ2) is 11.0. The Balaban J connectivity index is 0.00000341. The highest BCUT2D eigenvalue weighted by atomic mass is 35.5. The number of rotatable bonds is 9. The third-order valence-corrected chi connectivity index (χ3v) is 7.32. The van der Waals surface area contributed by atoms with Gasteiger partial charge in [-0.05, 0) is 57.4 Å². The van der Waals surface area contributed by atoms with Gasteiger partial charge in [-0.15, -0.1) is 12.4 Å². The third kappa shape index (κ3) is 6.70. The smallest absolute Gasteiger partial charge is 0.229 e. The second-order valence-electron chi connectivity index (χ2n) is 7.19. The Morgan fingerprint density at radius 3 is 2.48 bits per heavy atom. The standard InChI is InChI=1S/C21H24FN3O3S2.ClH/c1-24(2)12-6-13-25(21-23-18-10-9-16(22)15-19(18)29-21)20(26)11-14-30(27,28)17-7-4-3-5-8-17;/h3-5,7-10,15H,6,11-14H2,1-2H3;1H. The van der Waals surface area contributed by atoms with Crippen LogP contribution in [0.5, 0.6) is 0 Å². The maximum atomic E-state index is 13.5. The number of halogens is 2. The Morgan fingerprint density at radius 1 is 1.10 bits per heavy atom. The first kappa shape index (κ1) is 25.2. The predicted molar refractivity (Wildman–Crippen MR) is 125 cm³/mol. The van der Waals surface area contributed by atoms with Crippen molar-refractivity contribution in [2.45, 2.75) is 17.7 Å². The molecule has 0 N–H and O–H groups in total. The minimum Gasteiger partial charge on any atom is -0.309 e. The van der Waals surface area contributed by atoms with E-state index in [0.717, 1.165) is 6.54 Å². The van der Waals surface area contributed by atoms with Gasteiger partial charge in [0, 0.05) is 13.0 Å². The van der Waals surface area contributed by atoms with Gasteiger partial charge in [0.25, 0.3) is 0 Å². The highest BCUT2D eigenvalue weighted by molar-refractivity contribution is 7.91. The van der Waals surface area contributed by atoms with Gasteiger partial charge in [0.2, 0.25) is 5.91 Å². The Kier molecular flexibility index (Phi) is 8.93. The summed E-state index contributed by atoms with van der Waals surface area (Å²) < 4.78 is 39.3. The van der Waals surface area contributed by atoms with Crippen LogP contribution >= 0.6 is 23.7 Å². The van der Waals surface area contributed by atoms with E-state index in [-0.39, 0.29) is 41.2 Å². The summed E-state index contributed by atoms with van der Waals surface area (Å²) in [5, 5.41) is 0.455. The monoisotopic (exact) mass is 485 g/mol. The first-order valence-electron chi connectivity index (χ1n) is 9.55. The molecule has 3 rings (SSSR count). The maximum absolute atomic E-state index is 13.5. The molecule has 0 aliphatic rings. The number of fused-ring (bicyclic) bond motifs is 1. The van der Waals surface area contributed by atoms with Crippen molar-refractivity contribution < 1.29 is 17.6 Å². The summed E-state index contributed by atoms with van der Waals surface area (Å²) >= 11 is 1.23. The van der Waals surface area contributed by atoms with Gasteiger partial charge in [-0.1, -0.05) is 29.5 Å². The van der Waals surface area contributed by atoms with E-state index < -0.39 is 9.84 Å². The SMILES string of the molecule is CN(C)CCCN(C(=O)CCS(=O)(=O)c1ccccc1)c1nc2ccc(F)cc2s1.Cl. The van der Waals surface area contributed by atoms with Gasteiger partial charge < -0.3 is 4.90 Å². The van der Waals surface area contributed by atoms with Crippen molar-refractivity contribution in [2.24, 2.45) is 0 Å². The third-order valence-electron chi connectivity index (χ3n) is 4.55. The molecule has 1 aromatic heterocycles. The number of hydrogen-bond acceptors (Lipinski definition) is 6. The van der Waals surface area contributed by atoms with Gasteiger partial charge in [0.05, 0.1) is 20.9 Å². The molecule has 2 aromatic carbocycles. The number of anilines is 1. The van der Waals surface area contributed by atoms with Crippen molar-refractivity contribution in [2.75, 3.05) is 37.8 Å². The van der Waals surface area contributed by atoms with Gasteiger partial charge in [-0.2, -0.15) is 0 Å². The number of carbonyl (C=O) groups is 1. The van der Waals surface area contributed by atoms with Crippen LogP contribution < -0.4 is 4.90 Å². The Bertz CT molecular complexity index is 1120. The lowest BCUT2D eigenvalue weighted by molar-refractivity contribution is -0.118. The molecule has 0 fully saturated rings. The number of amides is 1. The molecule has 0 radical (unpaired) electrons. The van der Waals surface area contributed by atoms with Gasteiger partial charge in [-0.3, -0.25) is 9.69 Å². The van der Waals surface area contributed by atoms with Crippen LogP contribution in [0.15, 0.2) is 53.4 Å². The topological polar surface area (TPSA) is 70.6 Å². The molecule has 1 heterocycles. The molecule has 3 aromatic rings. The lowest BCUT2D eigenvalue weighted by Crippen LogP contribution is -2.34. The van der Waals surface area contributed by atoms with Gasteiger partial charge in [0.1, 0.15) is 5.82 Å². The summed E-state index contributed by atoms with van der Waals surface area (Å²) in [6, 6.07) is 12.4. The molecule has 0 saturated carbocycles. The molecular weight excluding hydrogens is 461 g/mol. The summed E-state index contributed by atoms with van der Waals surface area (Å²) in [6.45, 7) is 1.18. The fraction of sp³-hybridized carbons (Fsp3) is 0.333. The quantitative estimate of drug-likeness (QED) is 0.458. The number of hydrogen-bond donors (Lipinski definition) is 0. The Labute approximate surface area is 192 Å². The zero-order chi connectivity index (χ0) is 21.7. The Hall–Kier alpha value is -2.07. The summed E-state index contributed by atoms with van der Waals surface area (Å²) in [4.78, 5) is 21.2. The van der Waals surface area contributed by atoms with E-state index >= 15 is 0 Å². The van der Waals surface area contributed by atoms with Crippen molar-refractivity contribution in [1.29, 1.82) is 0 Å². The summed E-state index contributed by atoms with van der Waals surface area (Å²) in [5.74, 6) is -0.954. The lowest BCUT2D eigenvalue weighted by atomic mass is 10.3.